The number of para-hydroxylation sites is 2. The molecule has 6 heteroatoms. The van der Waals surface area contributed by atoms with Gasteiger partial charge in [-0.25, -0.2) is 9.67 Å². The van der Waals surface area contributed by atoms with Crippen molar-refractivity contribution in [2.24, 2.45) is 0 Å². The Morgan fingerprint density at radius 3 is 3.00 bits per heavy atom. The van der Waals surface area contributed by atoms with Gasteiger partial charge in [-0.15, -0.1) is 5.10 Å². The van der Waals surface area contributed by atoms with Gasteiger partial charge >= 0.3 is 0 Å². The summed E-state index contributed by atoms with van der Waals surface area (Å²) in [6.45, 7) is 2.29. The number of aliphatic hydroxyl groups excluding tert-OH is 1. The number of nitrogens with zero attached hydrogens (tertiary/aromatic N) is 4. The van der Waals surface area contributed by atoms with Gasteiger partial charge in [-0.3, -0.25) is 0 Å². The summed E-state index contributed by atoms with van der Waals surface area (Å²) in [6.07, 6.45) is 1.75. The summed E-state index contributed by atoms with van der Waals surface area (Å²) in [4.78, 5) is 4.36. The molecule has 6 nitrogen and oxygen atoms in total. The Morgan fingerprint density at radius 1 is 1.37 bits per heavy atom. The highest BCUT2D eigenvalue weighted by Crippen LogP contribution is 2.16. The van der Waals surface area contributed by atoms with Gasteiger partial charge in [-0.05, 0) is 18.6 Å². The summed E-state index contributed by atoms with van der Waals surface area (Å²) in [5, 5.41) is 17.6. The Balaban J connectivity index is 1.82. The zero-order chi connectivity index (χ0) is 13.2. The van der Waals surface area contributed by atoms with E-state index in [1.807, 2.05) is 31.2 Å². The number of oxazole rings is 1. The van der Waals surface area contributed by atoms with Crippen molar-refractivity contribution < 1.29 is 9.52 Å². The molecule has 0 fully saturated rings. The molecular formula is C13H14N4O2. The van der Waals surface area contributed by atoms with Crippen LogP contribution in [-0.2, 0) is 6.54 Å². The van der Waals surface area contributed by atoms with E-state index in [1.54, 1.807) is 10.9 Å². The van der Waals surface area contributed by atoms with Crippen molar-refractivity contribution in [3.8, 4) is 0 Å². The first-order chi connectivity index (χ1) is 9.26. The van der Waals surface area contributed by atoms with Crippen molar-refractivity contribution in [1.29, 1.82) is 0 Å². The van der Waals surface area contributed by atoms with E-state index in [0.29, 0.717) is 24.6 Å². The third-order valence-corrected chi connectivity index (χ3v) is 2.92. The van der Waals surface area contributed by atoms with E-state index in [4.69, 9.17) is 4.42 Å². The molecule has 19 heavy (non-hydrogen) atoms. The van der Waals surface area contributed by atoms with Crippen LogP contribution < -0.4 is 0 Å². The lowest BCUT2D eigenvalue weighted by molar-refractivity contribution is 0.168. The molecule has 3 rings (SSSR count). The molecule has 0 amide bonds. The van der Waals surface area contributed by atoms with Gasteiger partial charge in [0, 0.05) is 0 Å². The maximum absolute atomic E-state index is 9.67. The van der Waals surface area contributed by atoms with Gasteiger partial charge in [0.05, 0.1) is 12.3 Å². The molecular weight excluding hydrogens is 244 g/mol. The summed E-state index contributed by atoms with van der Waals surface area (Å²) in [6, 6.07) is 7.59. The van der Waals surface area contributed by atoms with Gasteiger partial charge in [0.25, 0.3) is 0 Å². The predicted molar refractivity (Wildman–Crippen MR) is 68.4 cm³/mol. The molecule has 0 saturated carbocycles. The van der Waals surface area contributed by atoms with Crippen LogP contribution in [-0.4, -0.2) is 25.1 Å². The molecule has 2 heterocycles. The summed E-state index contributed by atoms with van der Waals surface area (Å²) in [5.74, 6) is 0.573. The van der Waals surface area contributed by atoms with Gasteiger partial charge in [-0.2, -0.15) is 0 Å². The van der Waals surface area contributed by atoms with Gasteiger partial charge < -0.3 is 9.52 Å². The van der Waals surface area contributed by atoms with E-state index in [1.165, 1.54) is 0 Å². The Morgan fingerprint density at radius 2 is 2.21 bits per heavy atom. The molecule has 0 radical (unpaired) electrons. The topological polar surface area (TPSA) is 77.0 Å². The molecule has 0 bridgehead atoms. The van der Waals surface area contributed by atoms with Crippen LogP contribution in [0.25, 0.3) is 11.1 Å². The van der Waals surface area contributed by atoms with Crippen molar-refractivity contribution in [2.45, 2.75) is 26.0 Å². The lowest BCUT2D eigenvalue weighted by atomic mass is 10.2. The Bertz CT molecular complexity index is 656. The van der Waals surface area contributed by atoms with Crippen LogP contribution in [0.1, 0.15) is 31.0 Å². The van der Waals surface area contributed by atoms with Crippen LogP contribution >= 0.6 is 0 Å². The van der Waals surface area contributed by atoms with E-state index in [-0.39, 0.29) is 0 Å². The van der Waals surface area contributed by atoms with Crippen LogP contribution in [0, 0.1) is 0 Å². The number of hydrogen-bond acceptors (Lipinski definition) is 5. The van der Waals surface area contributed by atoms with Crippen LogP contribution in [0.2, 0.25) is 0 Å². The summed E-state index contributed by atoms with van der Waals surface area (Å²) < 4.78 is 7.22. The minimum absolute atomic E-state index is 0.401. The van der Waals surface area contributed by atoms with E-state index in [9.17, 15) is 5.11 Å². The molecule has 3 aromatic rings. The Hall–Kier alpha value is -2.21. The average molecular weight is 258 g/mol. The highest BCUT2D eigenvalue weighted by atomic mass is 16.3. The second-order valence-corrected chi connectivity index (χ2v) is 4.34. The Labute approximate surface area is 109 Å². The lowest BCUT2D eigenvalue weighted by Crippen LogP contribution is -2.00. The van der Waals surface area contributed by atoms with Gasteiger partial charge in [-0.1, -0.05) is 24.3 Å². The zero-order valence-corrected chi connectivity index (χ0v) is 10.5. The highest BCUT2D eigenvalue weighted by molar-refractivity contribution is 5.72. The zero-order valence-electron chi connectivity index (χ0n) is 10.5. The average Bonchev–Trinajstić information content (AvgIpc) is 3.04. The normalized spacial score (nSPS) is 12.9. The van der Waals surface area contributed by atoms with Crippen molar-refractivity contribution >= 4 is 11.1 Å². The molecule has 1 aromatic carbocycles. The first-order valence-electron chi connectivity index (χ1n) is 6.19. The fourth-order valence-corrected chi connectivity index (χ4v) is 1.88. The van der Waals surface area contributed by atoms with Gasteiger partial charge in [0.1, 0.15) is 17.8 Å². The SMILES string of the molecule is CCC(O)c1cn(Cc2nc3ccccc3o2)nn1. The minimum Gasteiger partial charge on any atom is -0.439 e. The quantitative estimate of drug-likeness (QED) is 0.773. The number of aliphatic hydroxyl groups is 1. The maximum Gasteiger partial charge on any atom is 0.217 e. The van der Waals surface area contributed by atoms with Crippen LogP contribution in [0.3, 0.4) is 0 Å². The van der Waals surface area contributed by atoms with Gasteiger partial charge in [0.2, 0.25) is 5.89 Å². The standard InChI is InChI=1S/C13H14N4O2/c1-2-11(18)10-7-17(16-15-10)8-13-14-9-5-3-4-6-12(9)19-13/h3-7,11,18H,2,8H2,1H3. The number of benzene rings is 1. The molecule has 2 aromatic heterocycles. The first kappa shape index (κ1) is 11.9. The lowest BCUT2D eigenvalue weighted by Gasteiger charge is -2.00. The molecule has 1 atom stereocenters. The molecule has 0 saturated heterocycles. The monoisotopic (exact) mass is 258 g/mol. The largest absolute Gasteiger partial charge is 0.439 e. The van der Waals surface area contributed by atoms with Gasteiger partial charge in [0.15, 0.2) is 5.58 Å². The summed E-state index contributed by atoms with van der Waals surface area (Å²) in [7, 11) is 0. The fraction of sp³-hybridized carbons (Fsp3) is 0.308. The van der Waals surface area contributed by atoms with E-state index < -0.39 is 6.10 Å². The van der Waals surface area contributed by atoms with E-state index in [2.05, 4.69) is 15.3 Å². The van der Waals surface area contributed by atoms with E-state index >= 15 is 0 Å². The second kappa shape index (κ2) is 4.81. The molecule has 0 spiro atoms. The third-order valence-electron chi connectivity index (χ3n) is 2.92. The molecule has 0 aliphatic heterocycles. The van der Waals surface area contributed by atoms with Crippen molar-refractivity contribution in [1.82, 2.24) is 20.0 Å². The van der Waals surface area contributed by atoms with Crippen LogP contribution in [0.4, 0.5) is 0 Å². The third kappa shape index (κ3) is 2.34. The maximum atomic E-state index is 9.67. The Kier molecular flexibility index (Phi) is 3.00. The number of aromatic nitrogens is 4. The van der Waals surface area contributed by atoms with Crippen molar-refractivity contribution in [2.75, 3.05) is 0 Å². The van der Waals surface area contributed by atoms with Crippen molar-refractivity contribution in [3.05, 3.63) is 42.0 Å². The van der Waals surface area contributed by atoms with Crippen molar-refractivity contribution in [3.63, 3.8) is 0 Å². The number of hydrogen-bond donors (Lipinski definition) is 1. The van der Waals surface area contributed by atoms with E-state index in [0.717, 1.165) is 11.1 Å². The summed E-state index contributed by atoms with van der Waals surface area (Å²) in [5.41, 5.74) is 2.15. The van der Waals surface area contributed by atoms with Crippen LogP contribution in [0.5, 0.6) is 0 Å². The molecule has 0 aliphatic rings. The first-order valence-corrected chi connectivity index (χ1v) is 6.19. The predicted octanol–water partition coefficient (Wildman–Crippen LogP) is 1.91. The fourth-order valence-electron chi connectivity index (χ4n) is 1.88. The van der Waals surface area contributed by atoms with Crippen LogP contribution in [0.15, 0.2) is 34.9 Å². The highest BCUT2D eigenvalue weighted by Gasteiger charge is 2.11. The molecule has 1 unspecified atom stereocenters. The smallest absolute Gasteiger partial charge is 0.217 e. The molecule has 1 N–H and O–H groups in total. The number of rotatable bonds is 4. The molecule has 0 aliphatic carbocycles. The number of fused-ring (bicyclic) bond motifs is 1. The summed E-state index contributed by atoms with van der Waals surface area (Å²) >= 11 is 0. The minimum atomic E-state index is -0.572. The second-order valence-electron chi connectivity index (χ2n) is 4.34. The molecule has 98 valence electrons.